The van der Waals surface area contributed by atoms with Crippen molar-refractivity contribution in [2.24, 2.45) is 0 Å². The van der Waals surface area contributed by atoms with E-state index in [-0.39, 0.29) is 10.9 Å². The highest BCUT2D eigenvalue weighted by molar-refractivity contribution is 5.87. The number of benzene rings is 2. The molecular weight excluding hydrogens is 327 g/mol. The molecule has 3 nitrogen and oxygen atoms in total. The molecule has 0 aliphatic heterocycles. The second-order valence-electron chi connectivity index (χ2n) is 5.92. The van der Waals surface area contributed by atoms with Crippen LogP contribution in [0.2, 0.25) is 0 Å². The third-order valence-electron chi connectivity index (χ3n) is 4.19. The summed E-state index contributed by atoms with van der Waals surface area (Å²) in [6, 6.07) is 13.8. The van der Waals surface area contributed by atoms with Crippen molar-refractivity contribution in [3.8, 4) is 0 Å². The number of nitrogens with zero attached hydrogens (tertiary/aromatic N) is 1. The number of hydrogen-bond donors (Lipinski definition) is 2. The molecule has 2 aromatic heterocycles. The van der Waals surface area contributed by atoms with Crippen LogP contribution in [0.1, 0.15) is 11.1 Å². The minimum atomic E-state index is -4.40. The Morgan fingerprint density at radius 1 is 1.00 bits per heavy atom. The minimum absolute atomic E-state index is 0.109. The Morgan fingerprint density at radius 2 is 1.84 bits per heavy atom. The standard InChI is InChI=1S/C19H14F3N3/c1-11-2-6-15-14(18(11)19(20,21)22)5-7-17(25-15)24-13-4-3-12-8-9-23-16(12)10-13/h2-10,23H,1H3,(H,24,25). The van der Waals surface area contributed by atoms with Gasteiger partial charge < -0.3 is 10.3 Å². The SMILES string of the molecule is Cc1ccc2nc(Nc3ccc4cc[nH]c4c3)ccc2c1C(F)(F)F. The van der Waals surface area contributed by atoms with Crippen molar-refractivity contribution in [2.45, 2.75) is 13.1 Å². The molecule has 4 aromatic rings. The van der Waals surface area contributed by atoms with E-state index < -0.39 is 11.7 Å². The Balaban J connectivity index is 1.75. The van der Waals surface area contributed by atoms with Gasteiger partial charge in [-0.1, -0.05) is 12.1 Å². The van der Waals surface area contributed by atoms with Gasteiger partial charge in [0.1, 0.15) is 5.82 Å². The topological polar surface area (TPSA) is 40.7 Å². The summed E-state index contributed by atoms with van der Waals surface area (Å²) in [7, 11) is 0. The summed E-state index contributed by atoms with van der Waals surface area (Å²) >= 11 is 0. The van der Waals surface area contributed by atoms with E-state index in [1.54, 1.807) is 12.1 Å². The first-order chi connectivity index (χ1) is 11.9. The van der Waals surface area contributed by atoms with Crippen molar-refractivity contribution in [2.75, 3.05) is 5.32 Å². The Labute approximate surface area is 141 Å². The highest BCUT2D eigenvalue weighted by atomic mass is 19.4. The predicted molar refractivity (Wildman–Crippen MR) is 93.1 cm³/mol. The first kappa shape index (κ1) is 15.5. The van der Waals surface area contributed by atoms with Gasteiger partial charge in [0.2, 0.25) is 0 Å². The van der Waals surface area contributed by atoms with E-state index in [4.69, 9.17) is 0 Å². The summed E-state index contributed by atoms with van der Waals surface area (Å²) < 4.78 is 39.9. The molecule has 0 unspecified atom stereocenters. The largest absolute Gasteiger partial charge is 0.417 e. The summed E-state index contributed by atoms with van der Waals surface area (Å²) in [6.07, 6.45) is -2.55. The van der Waals surface area contributed by atoms with Crippen LogP contribution in [0.25, 0.3) is 21.8 Å². The number of aryl methyl sites for hydroxylation is 1. The van der Waals surface area contributed by atoms with E-state index in [2.05, 4.69) is 15.3 Å². The van der Waals surface area contributed by atoms with Crippen LogP contribution in [0.5, 0.6) is 0 Å². The first-order valence-corrected chi connectivity index (χ1v) is 7.73. The van der Waals surface area contributed by atoms with Crippen molar-refractivity contribution in [3.05, 3.63) is 65.9 Å². The average molecular weight is 341 g/mol. The number of H-pyrrole nitrogens is 1. The summed E-state index contributed by atoms with van der Waals surface area (Å²) in [5, 5.41) is 4.33. The van der Waals surface area contributed by atoms with Gasteiger partial charge in [-0.2, -0.15) is 13.2 Å². The van der Waals surface area contributed by atoms with Crippen molar-refractivity contribution < 1.29 is 13.2 Å². The van der Waals surface area contributed by atoms with Gasteiger partial charge in [-0.3, -0.25) is 0 Å². The van der Waals surface area contributed by atoms with E-state index in [0.29, 0.717) is 11.3 Å². The number of aromatic nitrogens is 2. The van der Waals surface area contributed by atoms with Crippen molar-refractivity contribution in [1.82, 2.24) is 9.97 Å². The monoisotopic (exact) mass is 341 g/mol. The van der Waals surface area contributed by atoms with Crippen LogP contribution in [-0.4, -0.2) is 9.97 Å². The van der Waals surface area contributed by atoms with Crippen molar-refractivity contribution in [1.29, 1.82) is 0 Å². The van der Waals surface area contributed by atoms with Gasteiger partial charge in [0.05, 0.1) is 11.1 Å². The lowest BCUT2D eigenvalue weighted by molar-refractivity contribution is -0.136. The number of alkyl halides is 3. The van der Waals surface area contributed by atoms with Gasteiger partial charge in [-0.15, -0.1) is 0 Å². The minimum Gasteiger partial charge on any atom is -0.361 e. The molecule has 0 radical (unpaired) electrons. The van der Waals surface area contributed by atoms with Crippen LogP contribution in [0.4, 0.5) is 24.7 Å². The van der Waals surface area contributed by atoms with Gasteiger partial charge >= 0.3 is 6.18 Å². The fraction of sp³-hybridized carbons (Fsp3) is 0.105. The first-order valence-electron chi connectivity index (χ1n) is 7.73. The molecule has 2 heterocycles. The fourth-order valence-corrected chi connectivity index (χ4v) is 3.03. The fourth-order valence-electron chi connectivity index (χ4n) is 3.03. The second-order valence-corrected chi connectivity index (χ2v) is 5.92. The van der Waals surface area contributed by atoms with Gasteiger partial charge in [0, 0.05) is 22.8 Å². The third-order valence-corrected chi connectivity index (χ3v) is 4.19. The number of nitrogens with one attached hydrogen (secondary N) is 2. The summed E-state index contributed by atoms with van der Waals surface area (Å²) in [4.78, 5) is 7.45. The van der Waals surface area contributed by atoms with Gasteiger partial charge in [0.25, 0.3) is 0 Å². The molecule has 0 spiro atoms. The van der Waals surface area contributed by atoms with E-state index in [1.807, 2.05) is 30.5 Å². The van der Waals surface area contributed by atoms with E-state index in [9.17, 15) is 13.2 Å². The number of fused-ring (bicyclic) bond motifs is 2. The molecule has 2 aromatic carbocycles. The number of hydrogen-bond acceptors (Lipinski definition) is 2. The normalized spacial score (nSPS) is 12.0. The highest BCUT2D eigenvalue weighted by Crippen LogP contribution is 2.37. The third kappa shape index (κ3) is 2.80. The zero-order valence-electron chi connectivity index (χ0n) is 13.3. The molecule has 0 fully saturated rings. The summed E-state index contributed by atoms with van der Waals surface area (Å²) in [5.74, 6) is 0.496. The summed E-state index contributed by atoms with van der Waals surface area (Å²) in [6.45, 7) is 1.46. The number of anilines is 2. The van der Waals surface area contributed by atoms with E-state index in [1.165, 1.54) is 19.1 Å². The van der Waals surface area contributed by atoms with Gasteiger partial charge in [-0.25, -0.2) is 4.98 Å². The van der Waals surface area contributed by atoms with Crippen molar-refractivity contribution in [3.63, 3.8) is 0 Å². The molecule has 4 rings (SSSR count). The van der Waals surface area contributed by atoms with Crippen LogP contribution in [0, 0.1) is 6.92 Å². The molecule has 0 saturated heterocycles. The van der Waals surface area contributed by atoms with Crippen LogP contribution < -0.4 is 5.32 Å². The zero-order chi connectivity index (χ0) is 17.6. The van der Waals surface area contributed by atoms with E-state index in [0.717, 1.165) is 16.6 Å². The lowest BCUT2D eigenvalue weighted by Gasteiger charge is -2.14. The molecule has 2 N–H and O–H groups in total. The molecule has 0 amide bonds. The van der Waals surface area contributed by atoms with Crippen LogP contribution in [-0.2, 0) is 6.18 Å². The molecule has 25 heavy (non-hydrogen) atoms. The molecule has 0 atom stereocenters. The number of pyridine rings is 1. The second kappa shape index (κ2) is 5.51. The van der Waals surface area contributed by atoms with Gasteiger partial charge in [-0.05, 0) is 54.3 Å². The summed E-state index contributed by atoms with van der Waals surface area (Å²) in [5.41, 5.74) is 1.66. The molecule has 126 valence electrons. The molecule has 0 bridgehead atoms. The smallest absolute Gasteiger partial charge is 0.361 e. The lowest BCUT2D eigenvalue weighted by atomic mass is 10.0. The maximum Gasteiger partial charge on any atom is 0.417 e. The Kier molecular flexibility index (Phi) is 3.42. The van der Waals surface area contributed by atoms with Crippen LogP contribution in [0.3, 0.4) is 0 Å². The molecule has 0 saturated carbocycles. The van der Waals surface area contributed by atoms with Gasteiger partial charge in [0.15, 0.2) is 0 Å². The van der Waals surface area contributed by atoms with Crippen LogP contribution in [0.15, 0.2) is 54.7 Å². The predicted octanol–water partition coefficient (Wildman–Crippen LogP) is 5.79. The molecular formula is C19H14F3N3. The highest BCUT2D eigenvalue weighted by Gasteiger charge is 2.34. The molecule has 6 heteroatoms. The lowest BCUT2D eigenvalue weighted by Crippen LogP contribution is -2.09. The Morgan fingerprint density at radius 3 is 2.64 bits per heavy atom. The van der Waals surface area contributed by atoms with Crippen LogP contribution >= 0.6 is 0 Å². The molecule has 0 aliphatic carbocycles. The van der Waals surface area contributed by atoms with Crippen molar-refractivity contribution >= 4 is 33.3 Å². The van der Waals surface area contributed by atoms with E-state index >= 15 is 0 Å². The molecule has 0 aliphatic rings. The Hall–Kier alpha value is -3.02. The average Bonchev–Trinajstić information content (AvgIpc) is 3.01. The maximum absolute atomic E-state index is 13.3. The zero-order valence-corrected chi connectivity index (χ0v) is 13.3. The number of aromatic amines is 1. The quantitative estimate of drug-likeness (QED) is 0.485. The number of rotatable bonds is 2. The maximum atomic E-state index is 13.3. The Bertz CT molecular complexity index is 1080. The number of halogens is 3.